The summed E-state index contributed by atoms with van der Waals surface area (Å²) >= 11 is 4.67. The molecule has 1 aromatic heterocycles. The van der Waals surface area contributed by atoms with E-state index in [0.717, 1.165) is 10.5 Å². The van der Waals surface area contributed by atoms with E-state index in [1.165, 1.54) is 0 Å². The highest BCUT2D eigenvalue weighted by atomic mass is 35.5. The number of hydrogen-bond donors (Lipinski definition) is 0. The lowest BCUT2D eigenvalue weighted by molar-refractivity contribution is 0.442. The van der Waals surface area contributed by atoms with Crippen LogP contribution in [0.5, 0.6) is 11.8 Å². The van der Waals surface area contributed by atoms with Gasteiger partial charge in [0.25, 0.3) is 0 Å². The molecule has 0 spiro atoms. The van der Waals surface area contributed by atoms with Crippen LogP contribution in [0.4, 0.5) is 5.82 Å². The average Bonchev–Trinajstić information content (AvgIpc) is 2.93. The zero-order valence-electron chi connectivity index (χ0n) is 12.4. The molecule has 0 saturated carbocycles. The van der Waals surface area contributed by atoms with Gasteiger partial charge in [0.05, 0.1) is 6.54 Å². The van der Waals surface area contributed by atoms with Crippen LogP contribution in [0.3, 0.4) is 0 Å². The topological polar surface area (TPSA) is 61.3 Å². The van der Waals surface area contributed by atoms with E-state index in [9.17, 15) is 4.55 Å². The number of fused-ring (bicyclic) bond motifs is 1. The molecule has 2 heterocycles. The number of hydrogen-bond acceptors (Lipinski definition) is 5. The predicted octanol–water partition coefficient (Wildman–Crippen LogP) is 3.97. The Labute approximate surface area is 147 Å². The first-order valence-corrected chi connectivity index (χ1v) is 8.73. The van der Waals surface area contributed by atoms with Crippen LogP contribution < -0.4 is 9.04 Å². The quantitative estimate of drug-likeness (QED) is 0.664. The summed E-state index contributed by atoms with van der Waals surface area (Å²) in [7, 11) is 0. The molecule has 5 nitrogen and oxygen atoms in total. The largest absolute Gasteiger partial charge is 0.588 e. The Morgan fingerprint density at radius 1 is 1.12 bits per heavy atom. The van der Waals surface area contributed by atoms with Crippen molar-refractivity contribution in [3.05, 3.63) is 71.4 Å². The fraction of sp³-hybridized carbons (Fsp3) is 0.0588. The third-order valence-electron chi connectivity index (χ3n) is 3.55. The van der Waals surface area contributed by atoms with Crippen molar-refractivity contribution in [1.29, 1.82) is 0 Å². The highest BCUT2D eigenvalue weighted by Crippen LogP contribution is 2.34. The lowest BCUT2D eigenvalue weighted by Gasteiger charge is -2.17. The molecule has 1 unspecified atom stereocenters. The molecule has 1 aliphatic heterocycles. The van der Waals surface area contributed by atoms with E-state index < -0.39 is 11.4 Å². The number of ether oxygens (including phenoxy) is 1. The Morgan fingerprint density at radius 2 is 2.00 bits per heavy atom. The molecule has 3 aromatic rings. The van der Waals surface area contributed by atoms with Crippen molar-refractivity contribution in [3.63, 3.8) is 0 Å². The van der Waals surface area contributed by atoms with Gasteiger partial charge in [0, 0.05) is 22.8 Å². The zero-order chi connectivity index (χ0) is 16.5. The molecule has 2 aromatic carbocycles. The molecular formula is C17H12ClN3O2S. The normalized spacial score (nSPS) is 16.1. The Hall–Kier alpha value is -2.28. The highest BCUT2D eigenvalue weighted by Gasteiger charge is 2.35. The van der Waals surface area contributed by atoms with Gasteiger partial charge in [0.15, 0.2) is 10.7 Å². The SMILES string of the molecule is [O-][S+]1c2ccccc2CN1c1ccnc(Oc2cccc(Cl)c2)n1. The molecule has 0 aliphatic carbocycles. The lowest BCUT2D eigenvalue weighted by atomic mass is 10.2. The lowest BCUT2D eigenvalue weighted by Crippen LogP contribution is -2.24. The van der Waals surface area contributed by atoms with Gasteiger partial charge in [-0.05, 0) is 24.3 Å². The van der Waals surface area contributed by atoms with Crippen molar-refractivity contribution in [2.75, 3.05) is 4.31 Å². The Bertz CT molecular complexity index is 893. The van der Waals surface area contributed by atoms with Crippen molar-refractivity contribution in [3.8, 4) is 11.8 Å². The van der Waals surface area contributed by atoms with Gasteiger partial charge in [-0.2, -0.15) is 9.29 Å². The summed E-state index contributed by atoms with van der Waals surface area (Å²) in [6.07, 6.45) is 1.59. The van der Waals surface area contributed by atoms with Crippen LogP contribution in [-0.2, 0) is 17.9 Å². The van der Waals surface area contributed by atoms with Crippen molar-refractivity contribution in [2.45, 2.75) is 11.4 Å². The van der Waals surface area contributed by atoms with E-state index in [4.69, 9.17) is 16.3 Å². The van der Waals surface area contributed by atoms with Crippen LogP contribution in [0.15, 0.2) is 65.7 Å². The fourth-order valence-electron chi connectivity index (χ4n) is 2.46. The predicted molar refractivity (Wildman–Crippen MR) is 92.6 cm³/mol. The molecule has 24 heavy (non-hydrogen) atoms. The van der Waals surface area contributed by atoms with Gasteiger partial charge in [0.2, 0.25) is 0 Å². The first kappa shape index (κ1) is 15.3. The summed E-state index contributed by atoms with van der Waals surface area (Å²) < 4.78 is 20.0. The smallest absolute Gasteiger partial charge is 0.324 e. The molecule has 120 valence electrons. The zero-order valence-corrected chi connectivity index (χ0v) is 14.0. The van der Waals surface area contributed by atoms with Gasteiger partial charge >= 0.3 is 6.01 Å². The first-order valence-electron chi connectivity index (χ1n) is 7.24. The Kier molecular flexibility index (Phi) is 4.02. The molecule has 0 amide bonds. The monoisotopic (exact) mass is 357 g/mol. The van der Waals surface area contributed by atoms with Crippen molar-refractivity contribution in [1.82, 2.24) is 9.97 Å². The molecule has 1 aliphatic rings. The van der Waals surface area contributed by atoms with Crippen LogP contribution >= 0.6 is 11.6 Å². The van der Waals surface area contributed by atoms with Crippen molar-refractivity contribution in [2.24, 2.45) is 0 Å². The number of aromatic nitrogens is 2. The van der Waals surface area contributed by atoms with Gasteiger partial charge < -0.3 is 9.29 Å². The molecule has 0 N–H and O–H groups in total. The van der Waals surface area contributed by atoms with E-state index in [1.807, 2.05) is 24.3 Å². The van der Waals surface area contributed by atoms with E-state index >= 15 is 0 Å². The molecule has 0 saturated heterocycles. The van der Waals surface area contributed by atoms with E-state index in [0.29, 0.717) is 23.1 Å². The number of halogens is 1. The van der Waals surface area contributed by atoms with Gasteiger partial charge in [-0.3, -0.25) is 0 Å². The second-order valence-corrected chi connectivity index (χ2v) is 6.97. The van der Waals surface area contributed by atoms with Crippen molar-refractivity contribution >= 4 is 28.8 Å². The van der Waals surface area contributed by atoms with E-state index in [2.05, 4.69) is 9.97 Å². The second-order valence-electron chi connectivity index (χ2n) is 5.15. The Morgan fingerprint density at radius 3 is 2.83 bits per heavy atom. The number of benzene rings is 2. The maximum Gasteiger partial charge on any atom is 0.324 e. The molecule has 0 fully saturated rings. The average molecular weight is 358 g/mol. The number of anilines is 1. The fourth-order valence-corrected chi connectivity index (χ4v) is 3.96. The summed E-state index contributed by atoms with van der Waals surface area (Å²) in [6, 6.07) is 16.6. The molecule has 0 radical (unpaired) electrons. The Balaban J connectivity index is 1.60. The summed E-state index contributed by atoms with van der Waals surface area (Å²) in [6.45, 7) is 0.538. The molecule has 4 rings (SSSR count). The molecule has 7 heteroatoms. The van der Waals surface area contributed by atoms with Crippen LogP contribution in [0, 0.1) is 0 Å². The summed E-state index contributed by atoms with van der Waals surface area (Å²) in [5.74, 6) is 1.10. The van der Waals surface area contributed by atoms with E-state index in [-0.39, 0.29) is 6.01 Å². The van der Waals surface area contributed by atoms with Gasteiger partial charge in [-0.1, -0.05) is 35.9 Å². The third kappa shape index (κ3) is 2.91. The minimum atomic E-state index is -1.28. The second kappa shape index (κ2) is 6.32. The maximum atomic E-state index is 12.6. The molecule has 1 atom stereocenters. The van der Waals surface area contributed by atoms with Gasteiger partial charge in [-0.15, -0.1) is 0 Å². The van der Waals surface area contributed by atoms with Crippen molar-refractivity contribution < 1.29 is 9.29 Å². The third-order valence-corrected chi connectivity index (χ3v) is 5.28. The minimum Gasteiger partial charge on any atom is -0.588 e. The molecular weight excluding hydrogens is 346 g/mol. The van der Waals surface area contributed by atoms with Crippen LogP contribution in [0.25, 0.3) is 0 Å². The maximum absolute atomic E-state index is 12.6. The summed E-state index contributed by atoms with van der Waals surface area (Å²) in [5.41, 5.74) is 1.03. The summed E-state index contributed by atoms with van der Waals surface area (Å²) in [5, 5.41) is 0.569. The van der Waals surface area contributed by atoms with E-state index in [1.54, 1.807) is 40.8 Å². The first-order chi connectivity index (χ1) is 11.7. The van der Waals surface area contributed by atoms with Gasteiger partial charge in [-0.25, -0.2) is 4.98 Å². The molecule has 0 bridgehead atoms. The number of nitrogens with zero attached hydrogens (tertiary/aromatic N) is 3. The van der Waals surface area contributed by atoms with Crippen LogP contribution in [-0.4, -0.2) is 14.5 Å². The minimum absolute atomic E-state index is 0.183. The van der Waals surface area contributed by atoms with Crippen LogP contribution in [0.2, 0.25) is 5.02 Å². The summed E-state index contributed by atoms with van der Waals surface area (Å²) in [4.78, 5) is 9.29. The highest BCUT2D eigenvalue weighted by molar-refractivity contribution is 7.93. The van der Waals surface area contributed by atoms with Gasteiger partial charge in [0.1, 0.15) is 17.1 Å². The standard InChI is InChI=1S/C17H12ClN3O2S/c18-13-5-3-6-14(10-13)23-17-19-9-8-16(20-17)21-11-12-4-1-2-7-15(12)24(21)22/h1-10H,11H2. The van der Waals surface area contributed by atoms with Crippen LogP contribution in [0.1, 0.15) is 5.56 Å². The number of rotatable bonds is 3.